The van der Waals surface area contributed by atoms with Crippen LogP contribution >= 0.6 is 0 Å². The number of hydrogen-bond donors (Lipinski definition) is 1. The van der Waals surface area contributed by atoms with Crippen LogP contribution in [-0.4, -0.2) is 22.9 Å². The van der Waals surface area contributed by atoms with E-state index in [9.17, 15) is 10.0 Å². The van der Waals surface area contributed by atoms with Crippen LogP contribution < -0.4 is 5.32 Å². The first-order valence-electron chi connectivity index (χ1n) is 5.22. The molecule has 0 aliphatic carbocycles. The third-order valence-corrected chi connectivity index (χ3v) is 3.22. The van der Waals surface area contributed by atoms with Crippen molar-refractivity contribution >= 4 is 12.1 Å². The van der Waals surface area contributed by atoms with Gasteiger partial charge in [-0.05, 0) is 12.5 Å². The van der Waals surface area contributed by atoms with Gasteiger partial charge in [0.2, 0.25) is 6.21 Å². The predicted molar refractivity (Wildman–Crippen MR) is 61.1 cm³/mol. The number of carbonyl (C=O) groups is 1. The molecule has 16 heavy (non-hydrogen) atoms. The SMILES string of the molecule is CC1[N+]([O-])=CC(=O)NC1(C)c1ccccc1. The molecule has 2 unspecified atom stereocenters. The molecule has 0 bridgehead atoms. The molecule has 84 valence electrons. The quantitative estimate of drug-likeness (QED) is 0.564. The van der Waals surface area contributed by atoms with Crippen LogP contribution in [0.2, 0.25) is 0 Å². The molecular weight excluding hydrogens is 204 g/mol. The Morgan fingerprint density at radius 3 is 2.62 bits per heavy atom. The lowest BCUT2D eigenvalue weighted by molar-refractivity contribution is -0.509. The number of hydroxylamine groups is 1. The Bertz CT molecular complexity index is 442. The third kappa shape index (κ3) is 1.56. The zero-order valence-corrected chi connectivity index (χ0v) is 9.31. The number of nitrogens with zero attached hydrogens (tertiary/aromatic N) is 1. The number of carbonyl (C=O) groups excluding carboxylic acids is 1. The van der Waals surface area contributed by atoms with Crippen molar-refractivity contribution in [2.45, 2.75) is 25.4 Å². The number of benzene rings is 1. The van der Waals surface area contributed by atoms with Crippen LogP contribution in [0, 0.1) is 5.21 Å². The Morgan fingerprint density at radius 2 is 2.00 bits per heavy atom. The van der Waals surface area contributed by atoms with Crippen molar-refractivity contribution in [3.63, 3.8) is 0 Å². The van der Waals surface area contributed by atoms with Crippen LogP contribution in [-0.2, 0) is 10.3 Å². The lowest BCUT2D eigenvalue weighted by atomic mass is 9.84. The average Bonchev–Trinajstić information content (AvgIpc) is 2.27. The van der Waals surface area contributed by atoms with Gasteiger partial charge in [0.05, 0.1) is 0 Å². The van der Waals surface area contributed by atoms with Gasteiger partial charge in [0.25, 0.3) is 0 Å². The molecule has 4 nitrogen and oxygen atoms in total. The van der Waals surface area contributed by atoms with E-state index in [1.807, 2.05) is 37.3 Å². The fourth-order valence-electron chi connectivity index (χ4n) is 1.97. The fourth-order valence-corrected chi connectivity index (χ4v) is 1.97. The molecule has 2 atom stereocenters. The first kappa shape index (κ1) is 10.7. The highest BCUT2D eigenvalue weighted by atomic mass is 16.5. The lowest BCUT2D eigenvalue weighted by Crippen LogP contribution is -2.58. The normalized spacial score (nSPS) is 29.5. The number of nitrogens with one attached hydrogen (secondary N) is 1. The van der Waals surface area contributed by atoms with Crippen molar-refractivity contribution in [3.8, 4) is 0 Å². The minimum Gasteiger partial charge on any atom is -0.623 e. The average molecular weight is 218 g/mol. The predicted octanol–water partition coefficient (Wildman–Crippen LogP) is 1.00. The van der Waals surface area contributed by atoms with Crippen LogP contribution in [0.25, 0.3) is 0 Å². The Balaban J connectivity index is 2.46. The Kier molecular flexibility index (Phi) is 2.42. The van der Waals surface area contributed by atoms with Crippen molar-refractivity contribution in [2.24, 2.45) is 0 Å². The molecule has 4 heteroatoms. The summed E-state index contributed by atoms with van der Waals surface area (Å²) in [6.07, 6.45) is 1.05. The summed E-state index contributed by atoms with van der Waals surface area (Å²) in [5.41, 5.74) is 0.291. The highest BCUT2D eigenvalue weighted by Crippen LogP contribution is 2.27. The molecule has 0 spiro atoms. The van der Waals surface area contributed by atoms with Crippen molar-refractivity contribution < 1.29 is 9.53 Å². The summed E-state index contributed by atoms with van der Waals surface area (Å²) in [7, 11) is 0. The molecule has 0 radical (unpaired) electrons. The zero-order chi connectivity index (χ0) is 11.8. The van der Waals surface area contributed by atoms with Crippen molar-refractivity contribution in [3.05, 3.63) is 41.1 Å². The maximum absolute atomic E-state index is 11.6. The van der Waals surface area contributed by atoms with E-state index in [1.54, 1.807) is 6.92 Å². The summed E-state index contributed by atoms with van der Waals surface area (Å²) in [6, 6.07) is 9.20. The molecule has 1 aromatic carbocycles. The maximum atomic E-state index is 11.6. The van der Waals surface area contributed by atoms with Crippen LogP contribution in [0.5, 0.6) is 0 Å². The number of amides is 1. The van der Waals surface area contributed by atoms with Gasteiger partial charge in [-0.2, -0.15) is 0 Å². The van der Waals surface area contributed by atoms with Crippen molar-refractivity contribution in [1.82, 2.24) is 5.32 Å². The number of hydrogen-bond acceptors (Lipinski definition) is 2. The second-order valence-corrected chi connectivity index (χ2v) is 4.22. The molecule has 0 aromatic heterocycles. The van der Waals surface area contributed by atoms with Crippen LogP contribution in [0.3, 0.4) is 0 Å². The molecule has 1 N–H and O–H groups in total. The highest BCUT2D eigenvalue weighted by Gasteiger charge is 2.43. The lowest BCUT2D eigenvalue weighted by Gasteiger charge is -2.37. The van der Waals surface area contributed by atoms with E-state index in [4.69, 9.17) is 0 Å². The van der Waals surface area contributed by atoms with E-state index in [-0.39, 0.29) is 11.9 Å². The van der Waals surface area contributed by atoms with Gasteiger partial charge < -0.3 is 10.5 Å². The Hall–Kier alpha value is -1.84. The second-order valence-electron chi connectivity index (χ2n) is 4.22. The summed E-state index contributed by atoms with van der Waals surface area (Å²) in [6.45, 7) is 3.67. The van der Waals surface area contributed by atoms with Crippen molar-refractivity contribution in [2.75, 3.05) is 0 Å². The molecule has 1 aliphatic heterocycles. The summed E-state index contributed by atoms with van der Waals surface area (Å²) >= 11 is 0. The standard InChI is InChI=1S/C12H14N2O2/c1-9-12(2,10-6-4-3-5-7-10)13-11(15)8-14(9)16/h3-9H,1-2H3,(H,13,15). The summed E-state index contributed by atoms with van der Waals surface area (Å²) < 4.78 is 0.714. The summed E-state index contributed by atoms with van der Waals surface area (Å²) in [5.74, 6) is -0.348. The second kappa shape index (κ2) is 3.63. The molecule has 0 saturated heterocycles. The monoisotopic (exact) mass is 218 g/mol. The van der Waals surface area contributed by atoms with Gasteiger partial charge in [0.15, 0.2) is 6.04 Å². The topological polar surface area (TPSA) is 55.2 Å². The van der Waals surface area contributed by atoms with Gasteiger partial charge in [0, 0.05) is 6.92 Å². The van der Waals surface area contributed by atoms with E-state index in [0.29, 0.717) is 4.74 Å². The van der Waals surface area contributed by atoms with E-state index in [0.717, 1.165) is 11.8 Å². The minimum atomic E-state index is -0.644. The summed E-state index contributed by atoms with van der Waals surface area (Å²) in [5, 5.41) is 14.4. The molecule has 1 aromatic rings. The Labute approximate surface area is 94.2 Å². The van der Waals surface area contributed by atoms with Gasteiger partial charge in [0.1, 0.15) is 5.54 Å². The van der Waals surface area contributed by atoms with Gasteiger partial charge in [-0.3, -0.25) is 4.79 Å². The van der Waals surface area contributed by atoms with Crippen LogP contribution in [0.15, 0.2) is 30.3 Å². The van der Waals surface area contributed by atoms with Gasteiger partial charge in [-0.25, -0.2) is 4.74 Å². The first-order valence-corrected chi connectivity index (χ1v) is 5.22. The molecule has 2 rings (SSSR count). The first-order chi connectivity index (χ1) is 7.54. The van der Waals surface area contributed by atoms with E-state index in [2.05, 4.69) is 5.32 Å². The fraction of sp³-hybridized carbons (Fsp3) is 0.333. The maximum Gasteiger partial charge on any atom is 0.309 e. The summed E-state index contributed by atoms with van der Waals surface area (Å²) in [4.78, 5) is 11.4. The molecular formula is C12H14N2O2. The Morgan fingerprint density at radius 1 is 1.38 bits per heavy atom. The minimum absolute atomic E-state index is 0.326. The van der Waals surface area contributed by atoms with E-state index < -0.39 is 5.54 Å². The van der Waals surface area contributed by atoms with E-state index in [1.165, 1.54) is 0 Å². The van der Waals surface area contributed by atoms with Crippen LogP contribution in [0.1, 0.15) is 19.4 Å². The smallest absolute Gasteiger partial charge is 0.309 e. The van der Waals surface area contributed by atoms with Crippen LogP contribution in [0.4, 0.5) is 0 Å². The van der Waals surface area contributed by atoms with Gasteiger partial charge >= 0.3 is 5.91 Å². The van der Waals surface area contributed by atoms with E-state index >= 15 is 0 Å². The highest BCUT2D eigenvalue weighted by molar-refractivity contribution is 6.24. The molecule has 1 heterocycles. The molecule has 1 aliphatic rings. The van der Waals surface area contributed by atoms with Gasteiger partial charge in [-0.1, -0.05) is 30.3 Å². The zero-order valence-electron chi connectivity index (χ0n) is 9.31. The largest absolute Gasteiger partial charge is 0.623 e. The van der Waals surface area contributed by atoms with Gasteiger partial charge in [-0.15, -0.1) is 0 Å². The molecule has 0 saturated carbocycles. The molecule has 0 fully saturated rings. The molecule has 1 amide bonds. The number of rotatable bonds is 1. The third-order valence-electron chi connectivity index (χ3n) is 3.22. The van der Waals surface area contributed by atoms with Crippen molar-refractivity contribution in [1.29, 1.82) is 0 Å².